The quantitative estimate of drug-likeness (QED) is 0.355. The number of hydrogen-bond donors (Lipinski definition) is 1. The number of ether oxygens (including phenoxy) is 1. The van der Waals surface area contributed by atoms with E-state index in [0.29, 0.717) is 19.3 Å². The highest BCUT2D eigenvalue weighted by atomic mass is 16.5. The van der Waals surface area contributed by atoms with Gasteiger partial charge in [-0.1, -0.05) is 38.0 Å². The second kappa shape index (κ2) is 11.7. The van der Waals surface area contributed by atoms with Crippen LogP contribution in [-0.2, 0) is 14.3 Å². The number of ketones is 1. The highest BCUT2D eigenvalue weighted by Crippen LogP contribution is 2.18. The maximum absolute atomic E-state index is 11.9. The van der Waals surface area contributed by atoms with Gasteiger partial charge in [0.2, 0.25) is 0 Å². The Bertz CT molecular complexity index is 463. The Labute approximate surface area is 139 Å². The average molecular weight is 319 g/mol. The van der Waals surface area contributed by atoms with Gasteiger partial charge < -0.3 is 10.5 Å². The van der Waals surface area contributed by atoms with Crippen molar-refractivity contribution >= 4 is 11.8 Å². The molecule has 0 aromatic rings. The van der Waals surface area contributed by atoms with Crippen molar-refractivity contribution in [2.75, 3.05) is 0 Å². The first-order valence-electron chi connectivity index (χ1n) is 8.63. The van der Waals surface area contributed by atoms with Crippen LogP contribution in [0.2, 0.25) is 0 Å². The summed E-state index contributed by atoms with van der Waals surface area (Å²) in [6.45, 7) is 2.15. The molecule has 2 N–H and O–H groups in total. The molecule has 0 bridgehead atoms. The Kier molecular flexibility index (Phi) is 9.76. The van der Waals surface area contributed by atoms with Crippen LogP contribution in [0.3, 0.4) is 0 Å². The van der Waals surface area contributed by atoms with Crippen LogP contribution >= 0.6 is 0 Å². The van der Waals surface area contributed by atoms with E-state index < -0.39 is 0 Å². The second-order valence-corrected chi connectivity index (χ2v) is 5.86. The molecule has 0 spiro atoms. The lowest BCUT2D eigenvalue weighted by atomic mass is 10.0. The monoisotopic (exact) mass is 319 g/mol. The molecule has 0 heterocycles. The summed E-state index contributed by atoms with van der Waals surface area (Å²) in [5.74, 6) is -0.0802. The zero-order chi connectivity index (χ0) is 16.9. The highest BCUT2D eigenvalue weighted by Gasteiger charge is 2.15. The minimum Gasteiger partial charge on any atom is -0.462 e. The van der Waals surface area contributed by atoms with Crippen molar-refractivity contribution in [3.63, 3.8) is 0 Å². The van der Waals surface area contributed by atoms with Crippen molar-refractivity contribution in [3.8, 4) is 0 Å². The Hall–Kier alpha value is -1.84. The van der Waals surface area contributed by atoms with Gasteiger partial charge in [0, 0.05) is 12.8 Å². The molecule has 1 rings (SSSR count). The molecule has 23 heavy (non-hydrogen) atoms. The SMILES string of the molecule is CCCCCC(C/C=C1\CC=CC1=O)OC(=O)CCC/C=C\N. The lowest BCUT2D eigenvalue weighted by Gasteiger charge is -2.16. The van der Waals surface area contributed by atoms with Crippen molar-refractivity contribution in [3.05, 3.63) is 36.1 Å². The van der Waals surface area contributed by atoms with Gasteiger partial charge in [0.05, 0.1) is 0 Å². The summed E-state index contributed by atoms with van der Waals surface area (Å²) < 4.78 is 5.60. The molecule has 4 heteroatoms. The molecule has 0 radical (unpaired) electrons. The van der Waals surface area contributed by atoms with E-state index in [1.54, 1.807) is 6.08 Å². The first kappa shape index (κ1) is 19.2. The van der Waals surface area contributed by atoms with Gasteiger partial charge in [-0.05, 0) is 50.0 Å². The van der Waals surface area contributed by atoms with E-state index in [1.807, 2.05) is 18.2 Å². The molecular formula is C19H29NO3. The number of nitrogens with two attached hydrogens (primary N) is 1. The molecule has 1 aliphatic carbocycles. The molecule has 0 aliphatic heterocycles. The fraction of sp³-hybridized carbons (Fsp3) is 0.579. The minimum absolute atomic E-state index is 0.0807. The van der Waals surface area contributed by atoms with Crippen LogP contribution in [0.4, 0.5) is 0 Å². The number of unbranched alkanes of at least 4 members (excludes halogenated alkanes) is 3. The standard InChI is InChI=1S/C19H29NO3/c1-2-3-5-10-17(14-13-16-9-8-11-18(16)21)23-19(22)12-6-4-7-15-20/h7-8,11,13,15,17H,2-6,9-10,12,14,20H2,1H3/b15-7-,16-13+. The van der Waals surface area contributed by atoms with Crippen LogP contribution in [0.15, 0.2) is 36.1 Å². The summed E-state index contributed by atoms with van der Waals surface area (Å²) in [7, 11) is 0. The third-order valence-corrected chi connectivity index (χ3v) is 3.87. The van der Waals surface area contributed by atoms with E-state index in [9.17, 15) is 9.59 Å². The van der Waals surface area contributed by atoms with E-state index in [1.165, 1.54) is 6.20 Å². The lowest BCUT2D eigenvalue weighted by molar-refractivity contribution is -0.149. The van der Waals surface area contributed by atoms with Gasteiger partial charge in [-0.2, -0.15) is 0 Å². The number of esters is 1. The zero-order valence-electron chi connectivity index (χ0n) is 14.1. The van der Waals surface area contributed by atoms with Gasteiger partial charge in [0.1, 0.15) is 6.10 Å². The molecule has 1 aliphatic rings. The Morgan fingerprint density at radius 1 is 1.39 bits per heavy atom. The van der Waals surface area contributed by atoms with Gasteiger partial charge in [0.25, 0.3) is 0 Å². The van der Waals surface area contributed by atoms with Crippen LogP contribution in [0.1, 0.15) is 64.7 Å². The first-order chi connectivity index (χ1) is 11.2. The van der Waals surface area contributed by atoms with E-state index in [-0.39, 0.29) is 17.9 Å². The first-order valence-corrected chi connectivity index (χ1v) is 8.63. The highest BCUT2D eigenvalue weighted by molar-refractivity contribution is 6.06. The van der Waals surface area contributed by atoms with E-state index >= 15 is 0 Å². The van der Waals surface area contributed by atoms with Crippen LogP contribution < -0.4 is 5.73 Å². The van der Waals surface area contributed by atoms with E-state index in [2.05, 4.69) is 6.92 Å². The van der Waals surface area contributed by atoms with Gasteiger partial charge in [-0.3, -0.25) is 9.59 Å². The molecule has 0 amide bonds. The average Bonchev–Trinajstić information content (AvgIpc) is 2.94. The number of hydrogen-bond acceptors (Lipinski definition) is 4. The molecular weight excluding hydrogens is 290 g/mol. The number of carbonyl (C=O) groups excluding carboxylic acids is 2. The summed E-state index contributed by atoms with van der Waals surface area (Å²) in [6, 6.07) is 0. The lowest BCUT2D eigenvalue weighted by Crippen LogP contribution is -2.18. The minimum atomic E-state index is -0.161. The molecule has 0 aromatic carbocycles. The van der Waals surface area contributed by atoms with Crippen molar-refractivity contribution in [1.29, 1.82) is 0 Å². The molecule has 0 aromatic heterocycles. The number of allylic oxidation sites excluding steroid dienone is 4. The van der Waals surface area contributed by atoms with Crippen LogP contribution in [0, 0.1) is 0 Å². The Balaban J connectivity index is 2.44. The van der Waals surface area contributed by atoms with Crippen LogP contribution in [0.5, 0.6) is 0 Å². The van der Waals surface area contributed by atoms with Crippen molar-refractivity contribution in [2.45, 2.75) is 70.8 Å². The third kappa shape index (κ3) is 8.38. The molecule has 128 valence electrons. The van der Waals surface area contributed by atoms with Crippen LogP contribution in [-0.4, -0.2) is 17.9 Å². The van der Waals surface area contributed by atoms with Gasteiger partial charge >= 0.3 is 5.97 Å². The summed E-state index contributed by atoms with van der Waals surface area (Å²) in [5, 5.41) is 0. The molecule has 1 atom stereocenters. The van der Waals surface area contributed by atoms with E-state index in [0.717, 1.165) is 44.1 Å². The Morgan fingerprint density at radius 2 is 2.22 bits per heavy atom. The maximum atomic E-state index is 11.9. The van der Waals surface area contributed by atoms with Gasteiger partial charge in [0.15, 0.2) is 5.78 Å². The topological polar surface area (TPSA) is 69.4 Å². The number of carbonyl (C=O) groups is 2. The normalized spacial score (nSPS) is 17.3. The van der Waals surface area contributed by atoms with Crippen molar-refractivity contribution in [2.24, 2.45) is 5.73 Å². The summed E-state index contributed by atoms with van der Waals surface area (Å²) >= 11 is 0. The van der Waals surface area contributed by atoms with Gasteiger partial charge in [-0.15, -0.1) is 0 Å². The zero-order valence-corrected chi connectivity index (χ0v) is 14.1. The second-order valence-electron chi connectivity index (χ2n) is 5.86. The molecule has 1 unspecified atom stereocenters. The molecule has 4 nitrogen and oxygen atoms in total. The smallest absolute Gasteiger partial charge is 0.306 e. The predicted octanol–water partition coefficient (Wildman–Crippen LogP) is 3.97. The third-order valence-electron chi connectivity index (χ3n) is 3.87. The summed E-state index contributed by atoms with van der Waals surface area (Å²) in [6.07, 6.45) is 16.1. The molecule has 0 saturated carbocycles. The fourth-order valence-electron chi connectivity index (χ4n) is 2.51. The molecule has 0 fully saturated rings. The van der Waals surface area contributed by atoms with Crippen molar-refractivity contribution in [1.82, 2.24) is 0 Å². The number of rotatable bonds is 11. The van der Waals surface area contributed by atoms with Crippen molar-refractivity contribution < 1.29 is 14.3 Å². The van der Waals surface area contributed by atoms with E-state index in [4.69, 9.17) is 10.5 Å². The fourth-order valence-corrected chi connectivity index (χ4v) is 2.51. The largest absolute Gasteiger partial charge is 0.462 e. The maximum Gasteiger partial charge on any atom is 0.306 e. The summed E-state index contributed by atoms with van der Waals surface area (Å²) in [4.78, 5) is 23.5. The van der Waals surface area contributed by atoms with Gasteiger partial charge in [-0.25, -0.2) is 0 Å². The molecule has 0 saturated heterocycles. The Morgan fingerprint density at radius 3 is 2.87 bits per heavy atom. The van der Waals surface area contributed by atoms with Crippen LogP contribution in [0.25, 0.3) is 0 Å². The summed E-state index contributed by atoms with van der Waals surface area (Å²) in [5.41, 5.74) is 6.08. The predicted molar refractivity (Wildman–Crippen MR) is 92.7 cm³/mol.